The van der Waals surface area contributed by atoms with Crippen LogP contribution >= 0.6 is 0 Å². The summed E-state index contributed by atoms with van der Waals surface area (Å²) in [4.78, 5) is 0. The van der Waals surface area contributed by atoms with E-state index in [1.165, 1.54) is 70.6 Å². The van der Waals surface area contributed by atoms with Crippen molar-refractivity contribution in [3.63, 3.8) is 0 Å². The number of rotatable bonds is 13. The summed E-state index contributed by atoms with van der Waals surface area (Å²) in [5, 5.41) is 9.99. The third-order valence-corrected chi connectivity index (χ3v) is 4.86. The summed E-state index contributed by atoms with van der Waals surface area (Å²) >= 11 is 0. The lowest BCUT2D eigenvalue weighted by Crippen LogP contribution is -2.04. The highest BCUT2D eigenvalue weighted by molar-refractivity contribution is 5.46. The molecule has 1 fully saturated rings. The lowest BCUT2D eigenvalue weighted by atomic mass is 10.1. The molecule has 1 N–H and O–H groups in total. The summed E-state index contributed by atoms with van der Waals surface area (Å²) in [6, 6.07) is 0. The molecule has 1 nitrogen and oxygen atoms in total. The zero-order valence-electron chi connectivity index (χ0n) is 15.9. The molecule has 0 radical (unpaired) electrons. The Labute approximate surface area is 150 Å². The van der Waals surface area contributed by atoms with Gasteiger partial charge in [-0.2, -0.15) is 0 Å². The van der Waals surface area contributed by atoms with E-state index in [9.17, 15) is 5.11 Å². The van der Waals surface area contributed by atoms with Crippen LogP contribution in [0.1, 0.15) is 90.4 Å². The molecule has 0 bridgehead atoms. The molecule has 1 heteroatoms. The number of unbranched alkanes of at least 4 members (excludes halogenated alkanes) is 10. The van der Waals surface area contributed by atoms with E-state index >= 15 is 0 Å². The van der Waals surface area contributed by atoms with E-state index in [0.29, 0.717) is 0 Å². The molecule has 0 heterocycles. The van der Waals surface area contributed by atoms with E-state index in [1.807, 2.05) is 0 Å². The van der Waals surface area contributed by atoms with Crippen molar-refractivity contribution in [2.75, 3.05) is 0 Å². The van der Waals surface area contributed by atoms with Crippen LogP contribution in [-0.2, 0) is 0 Å². The first-order chi connectivity index (χ1) is 11.7. The van der Waals surface area contributed by atoms with Gasteiger partial charge in [0.25, 0.3) is 0 Å². The summed E-state index contributed by atoms with van der Waals surface area (Å²) in [6.45, 7) is 10.2. The molecule has 1 atom stereocenters. The molecule has 0 spiro atoms. The molecule has 0 aromatic carbocycles. The minimum atomic E-state index is -0.470. The smallest absolute Gasteiger partial charge is 0.100 e. The lowest BCUT2D eigenvalue weighted by Gasteiger charge is -2.05. The van der Waals surface area contributed by atoms with Crippen LogP contribution in [0.5, 0.6) is 0 Å². The lowest BCUT2D eigenvalue weighted by molar-refractivity contribution is 0.257. The van der Waals surface area contributed by atoms with Gasteiger partial charge in [-0.15, -0.1) is 0 Å². The standard InChI is InChI=1S/C23H38O/c1-4-5-6-7-8-9-10-11-12-13-14-15-16-17-18-22-20(2)19-21(3)23(22)24/h11-12,18,23-24H,2-10,13-17,19H2,1H3/b12-11+,22-18+/t23-/m1/s1. The average molecular weight is 331 g/mol. The van der Waals surface area contributed by atoms with Gasteiger partial charge < -0.3 is 5.11 Å². The molecule has 0 unspecified atom stereocenters. The highest BCUT2D eigenvalue weighted by Crippen LogP contribution is 2.33. The van der Waals surface area contributed by atoms with Gasteiger partial charge in [-0.05, 0) is 61.7 Å². The van der Waals surface area contributed by atoms with E-state index in [4.69, 9.17) is 0 Å². The van der Waals surface area contributed by atoms with Crippen LogP contribution in [0.4, 0.5) is 0 Å². The van der Waals surface area contributed by atoms with E-state index in [0.717, 1.165) is 29.6 Å². The fourth-order valence-electron chi connectivity index (χ4n) is 3.26. The largest absolute Gasteiger partial charge is 0.384 e. The molecule has 0 amide bonds. The first-order valence-electron chi connectivity index (χ1n) is 10.1. The van der Waals surface area contributed by atoms with Crippen LogP contribution in [0.3, 0.4) is 0 Å². The molecule has 1 aliphatic rings. The fraction of sp³-hybridized carbons (Fsp3) is 0.652. The molecule has 136 valence electrons. The molecule has 0 aromatic heterocycles. The highest BCUT2D eigenvalue weighted by Gasteiger charge is 2.24. The van der Waals surface area contributed by atoms with Crippen molar-refractivity contribution in [3.8, 4) is 0 Å². The first kappa shape index (κ1) is 21.0. The Kier molecular flexibility index (Phi) is 11.6. The van der Waals surface area contributed by atoms with E-state index in [1.54, 1.807) is 0 Å². The molecular formula is C23H38O. The minimum Gasteiger partial charge on any atom is -0.384 e. The van der Waals surface area contributed by atoms with Gasteiger partial charge in [-0.1, -0.05) is 76.8 Å². The minimum absolute atomic E-state index is 0.470. The summed E-state index contributed by atoms with van der Waals surface area (Å²) in [7, 11) is 0. The van der Waals surface area contributed by atoms with Gasteiger partial charge >= 0.3 is 0 Å². The van der Waals surface area contributed by atoms with Crippen molar-refractivity contribution in [2.24, 2.45) is 0 Å². The zero-order valence-corrected chi connectivity index (χ0v) is 15.9. The van der Waals surface area contributed by atoms with Crippen LogP contribution in [-0.4, -0.2) is 11.2 Å². The number of hydrogen-bond acceptors (Lipinski definition) is 1. The maximum atomic E-state index is 9.99. The Bertz CT molecular complexity index is 427. The number of aliphatic hydroxyl groups is 1. The third kappa shape index (κ3) is 8.68. The maximum Gasteiger partial charge on any atom is 0.100 e. The monoisotopic (exact) mass is 330 g/mol. The maximum absolute atomic E-state index is 9.99. The molecular weight excluding hydrogens is 292 g/mol. The third-order valence-electron chi connectivity index (χ3n) is 4.86. The topological polar surface area (TPSA) is 20.2 Å². The summed E-state index contributed by atoms with van der Waals surface area (Å²) in [5.74, 6) is 0. The SMILES string of the molecule is C=C1CC(=C)[C@@H](O)/C1=C/CCCCC/C=C/CCCCCCCC. The van der Waals surface area contributed by atoms with Gasteiger partial charge in [0.2, 0.25) is 0 Å². The van der Waals surface area contributed by atoms with Gasteiger partial charge in [0.1, 0.15) is 6.10 Å². The molecule has 1 rings (SSSR count). The number of aliphatic hydroxyl groups excluding tert-OH is 1. The van der Waals surface area contributed by atoms with E-state index in [2.05, 4.69) is 38.3 Å². The molecule has 24 heavy (non-hydrogen) atoms. The second-order valence-electron chi connectivity index (χ2n) is 7.17. The molecule has 0 aliphatic heterocycles. The Balaban J connectivity index is 1.94. The summed E-state index contributed by atoms with van der Waals surface area (Å²) < 4.78 is 0. The van der Waals surface area contributed by atoms with Crippen LogP contribution in [0.25, 0.3) is 0 Å². The fourth-order valence-corrected chi connectivity index (χ4v) is 3.26. The van der Waals surface area contributed by atoms with E-state index < -0.39 is 6.10 Å². The second kappa shape index (κ2) is 13.2. The number of hydrogen-bond donors (Lipinski definition) is 1. The normalized spacial score (nSPS) is 19.9. The Morgan fingerprint density at radius 3 is 2.00 bits per heavy atom. The predicted molar refractivity (Wildman–Crippen MR) is 107 cm³/mol. The Morgan fingerprint density at radius 1 is 0.875 bits per heavy atom. The van der Waals surface area contributed by atoms with Gasteiger partial charge in [-0.3, -0.25) is 0 Å². The van der Waals surface area contributed by atoms with Crippen LogP contribution < -0.4 is 0 Å². The average Bonchev–Trinajstić information content (AvgIpc) is 2.81. The Hall–Kier alpha value is -1.08. The van der Waals surface area contributed by atoms with Gasteiger partial charge in [0, 0.05) is 0 Å². The van der Waals surface area contributed by atoms with Crippen LogP contribution in [0.2, 0.25) is 0 Å². The van der Waals surface area contributed by atoms with E-state index in [-0.39, 0.29) is 0 Å². The quantitative estimate of drug-likeness (QED) is 0.283. The van der Waals surface area contributed by atoms with Crippen molar-refractivity contribution in [1.82, 2.24) is 0 Å². The van der Waals surface area contributed by atoms with Crippen molar-refractivity contribution in [2.45, 2.75) is 96.5 Å². The summed E-state index contributed by atoms with van der Waals surface area (Å²) in [6.07, 6.45) is 22.7. The highest BCUT2D eigenvalue weighted by atomic mass is 16.3. The summed E-state index contributed by atoms with van der Waals surface area (Å²) in [5.41, 5.74) is 2.95. The van der Waals surface area contributed by atoms with Gasteiger partial charge in [0.05, 0.1) is 0 Å². The molecule has 0 aromatic rings. The Morgan fingerprint density at radius 2 is 1.42 bits per heavy atom. The van der Waals surface area contributed by atoms with Crippen molar-refractivity contribution >= 4 is 0 Å². The zero-order chi connectivity index (χ0) is 17.6. The second-order valence-corrected chi connectivity index (χ2v) is 7.17. The van der Waals surface area contributed by atoms with Gasteiger partial charge in [-0.25, -0.2) is 0 Å². The molecule has 0 saturated heterocycles. The number of allylic oxidation sites excluding steroid dienone is 3. The van der Waals surface area contributed by atoms with Crippen molar-refractivity contribution < 1.29 is 5.11 Å². The van der Waals surface area contributed by atoms with Crippen LogP contribution in [0, 0.1) is 0 Å². The first-order valence-corrected chi connectivity index (χ1v) is 10.1. The van der Waals surface area contributed by atoms with Crippen LogP contribution in [0.15, 0.2) is 48.1 Å². The van der Waals surface area contributed by atoms with Crippen molar-refractivity contribution in [1.29, 1.82) is 0 Å². The van der Waals surface area contributed by atoms with Gasteiger partial charge in [0.15, 0.2) is 0 Å². The molecule has 1 saturated carbocycles. The molecule has 1 aliphatic carbocycles. The van der Waals surface area contributed by atoms with Crippen molar-refractivity contribution in [3.05, 3.63) is 48.1 Å². The predicted octanol–water partition coefficient (Wildman–Crippen LogP) is 7.05.